The summed E-state index contributed by atoms with van der Waals surface area (Å²) in [5, 5.41) is 0. The lowest BCUT2D eigenvalue weighted by Gasteiger charge is -2.21. The maximum Gasteiger partial charge on any atom is 0.109 e. The maximum absolute atomic E-state index is 4.85. The highest BCUT2D eigenvalue weighted by molar-refractivity contribution is 5.62. The molecule has 1 unspecified atom stereocenters. The van der Waals surface area contributed by atoms with Gasteiger partial charge in [-0.3, -0.25) is 0 Å². The fraction of sp³-hybridized carbons (Fsp3) is 0.438. The number of fused-ring (bicyclic) bond motifs is 1. The van der Waals surface area contributed by atoms with Crippen molar-refractivity contribution in [1.82, 2.24) is 9.55 Å². The van der Waals surface area contributed by atoms with Gasteiger partial charge >= 0.3 is 0 Å². The second kappa shape index (κ2) is 4.27. The molecule has 0 amide bonds. The van der Waals surface area contributed by atoms with Gasteiger partial charge in [-0.15, -0.1) is 0 Å². The van der Waals surface area contributed by atoms with Crippen molar-refractivity contribution in [1.29, 1.82) is 0 Å². The van der Waals surface area contributed by atoms with E-state index in [1.165, 1.54) is 34.8 Å². The molecule has 1 atom stereocenters. The molecule has 2 heterocycles. The van der Waals surface area contributed by atoms with Gasteiger partial charge in [0.2, 0.25) is 0 Å². The van der Waals surface area contributed by atoms with E-state index in [-0.39, 0.29) is 0 Å². The molecule has 2 heteroatoms. The van der Waals surface area contributed by atoms with Crippen molar-refractivity contribution in [3.8, 4) is 11.3 Å². The first-order chi connectivity index (χ1) is 8.65. The molecule has 0 saturated carbocycles. The van der Waals surface area contributed by atoms with Crippen LogP contribution >= 0.6 is 0 Å². The number of aromatic nitrogens is 2. The van der Waals surface area contributed by atoms with Gasteiger partial charge in [0, 0.05) is 24.2 Å². The molecular weight excluding hydrogens is 220 g/mol. The summed E-state index contributed by atoms with van der Waals surface area (Å²) in [6.07, 6.45) is 2.39. The number of hydrogen-bond acceptors (Lipinski definition) is 1. The highest BCUT2D eigenvalue weighted by atomic mass is 15.1. The number of imidazole rings is 1. The van der Waals surface area contributed by atoms with Crippen molar-refractivity contribution in [2.75, 3.05) is 0 Å². The Balaban J connectivity index is 2.06. The molecule has 3 rings (SSSR count). The third-order valence-corrected chi connectivity index (χ3v) is 3.98. The van der Waals surface area contributed by atoms with Crippen LogP contribution in [0.1, 0.15) is 30.4 Å². The quantitative estimate of drug-likeness (QED) is 0.742. The van der Waals surface area contributed by atoms with Crippen LogP contribution in [0.4, 0.5) is 0 Å². The fourth-order valence-corrected chi connectivity index (χ4v) is 2.79. The summed E-state index contributed by atoms with van der Waals surface area (Å²) < 4.78 is 2.41. The molecule has 1 aromatic heterocycles. The summed E-state index contributed by atoms with van der Waals surface area (Å²) in [6.45, 7) is 7.77. The lowest BCUT2D eigenvalue weighted by Crippen LogP contribution is -2.18. The van der Waals surface area contributed by atoms with Gasteiger partial charge in [-0.25, -0.2) is 4.98 Å². The number of aryl methyl sites for hydroxylation is 2. The van der Waals surface area contributed by atoms with E-state index < -0.39 is 0 Å². The Labute approximate surface area is 109 Å². The molecule has 0 N–H and O–H groups in total. The Kier molecular flexibility index (Phi) is 2.73. The number of nitrogens with zero attached hydrogens (tertiary/aromatic N) is 2. The normalized spacial score (nSPS) is 18.7. The summed E-state index contributed by atoms with van der Waals surface area (Å²) in [7, 11) is 0. The monoisotopic (exact) mass is 240 g/mol. The standard InChI is InChI=1S/C16H20N2/c1-11-4-7-14(8-5-11)16-13(3)18-10-12(2)6-9-15(18)17-16/h4-5,7-8,12H,6,9-10H2,1-3H3. The van der Waals surface area contributed by atoms with Crippen LogP contribution in [0.3, 0.4) is 0 Å². The second-order valence-corrected chi connectivity index (χ2v) is 5.58. The molecule has 0 fully saturated rings. The van der Waals surface area contributed by atoms with Crippen molar-refractivity contribution in [2.45, 2.75) is 40.2 Å². The zero-order chi connectivity index (χ0) is 12.7. The van der Waals surface area contributed by atoms with Crippen LogP contribution < -0.4 is 0 Å². The average molecular weight is 240 g/mol. The Morgan fingerprint density at radius 1 is 1.17 bits per heavy atom. The second-order valence-electron chi connectivity index (χ2n) is 5.58. The van der Waals surface area contributed by atoms with Crippen LogP contribution in [0.5, 0.6) is 0 Å². The molecule has 0 spiro atoms. The van der Waals surface area contributed by atoms with Crippen LogP contribution in [0.15, 0.2) is 24.3 Å². The Morgan fingerprint density at radius 3 is 2.61 bits per heavy atom. The first-order valence-corrected chi connectivity index (χ1v) is 6.78. The third kappa shape index (κ3) is 1.86. The van der Waals surface area contributed by atoms with E-state index in [1.807, 2.05) is 0 Å². The SMILES string of the molecule is Cc1ccc(-c2nc3n(c2C)CC(C)CC3)cc1. The zero-order valence-electron chi connectivity index (χ0n) is 11.4. The molecule has 1 aliphatic heterocycles. The van der Waals surface area contributed by atoms with Gasteiger partial charge in [0.1, 0.15) is 5.82 Å². The van der Waals surface area contributed by atoms with Gasteiger partial charge in [-0.1, -0.05) is 36.8 Å². The van der Waals surface area contributed by atoms with Gasteiger partial charge < -0.3 is 4.57 Å². The highest BCUT2D eigenvalue weighted by Crippen LogP contribution is 2.28. The third-order valence-electron chi connectivity index (χ3n) is 3.98. The van der Waals surface area contributed by atoms with E-state index in [9.17, 15) is 0 Å². The predicted molar refractivity (Wildman–Crippen MR) is 74.6 cm³/mol. The van der Waals surface area contributed by atoms with Crippen LogP contribution in [-0.4, -0.2) is 9.55 Å². The van der Waals surface area contributed by atoms with Crippen molar-refractivity contribution in [3.05, 3.63) is 41.3 Å². The van der Waals surface area contributed by atoms with E-state index >= 15 is 0 Å². The van der Waals surface area contributed by atoms with E-state index in [1.54, 1.807) is 0 Å². The van der Waals surface area contributed by atoms with Gasteiger partial charge in [0.25, 0.3) is 0 Å². The van der Waals surface area contributed by atoms with Crippen LogP contribution in [-0.2, 0) is 13.0 Å². The number of hydrogen-bond donors (Lipinski definition) is 0. The molecule has 1 aliphatic rings. The highest BCUT2D eigenvalue weighted by Gasteiger charge is 2.21. The van der Waals surface area contributed by atoms with Gasteiger partial charge in [0.15, 0.2) is 0 Å². The van der Waals surface area contributed by atoms with Crippen molar-refractivity contribution in [3.63, 3.8) is 0 Å². The molecule has 0 saturated heterocycles. The van der Waals surface area contributed by atoms with E-state index in [0.29, 0.717) is 0 Å². The molecule has 94 valence electrons. The summed E-state index contributed by atoms with van der Waals surface area (Å²) in [6, 6.07) is 8.69. The topological polar surface area (TPSA) is 17.8 Å². The molecule has 0 aliphatic carbocycles. The Morgan fingerprint density at radius 2 is 1.89 bits per heavy atom. The summed E-state index contributed by atoms with van der Waals surface area (Å²) in [5.41, 5.74) is 5.03. The number of benzene rings is 1. The summed E-state index contributed by atoms with van der Waals surface area (Å²) in [5.74, 6) is 2.04. The molecule has 2 aromatic rings. The minimum atomic E-state index is 0.774. The zero-order valence-corrected chi connectivity index (χ0v) is 11.4. The average Bonchev–Trinajstić information content (AvgIpc) is 2.68. The summed E-state index contributed by atoms with van der Waals surface area (Å²) in [4.78, 5) is 4.85. The maximum atomic E-state index is 4.85. The van der Waals surface area contributed by atoms with Crippen LogP contribution in [0.25, 0.3) is 11.3 Å². The van der Waals surface area contributed by atoms with Crippen molar-refractivity contribution >= 4 is 0 Å². The summed E-state index contributed by atoms with van der Waals surface area (Å²) >= 11 is 0. The van der Waals surface area contributed by atoms with Crippen LogP contribution in [0, 0.1) is 19.8 Å². The van der Waals surface area contributed by atoms with Crippen molar-refractivity contribution < 1.29 is 0 Å². The molecule has 1 aromatic carbocycles. The minimum absolute atomic E-state index is 0.774. The van der Waals surface area contributed by atoms with Crippen molar-refractivity contribution in [2.24, 2.45) is 5.92 Å². The van der Waals surface area contributed by atoms with E-state index in [4.69, 9.17) is 4.98 Å². The van der Waals surface area contributed by atoms with Gasteiger partial charge in [0.05, 0.1) is 5.69 Å². The number of rotatable bonds is 1. The molecule has 2 nitrogen and oxygen atoms in total. The first kappa shape index (κ1) is 11.5. The molecule has 0 bridgehead atoms. The molecule has 18 heavy (non-hydrogen) atoms. The molecular formula is C16H20N2. The fourth-order valence-electron chi connectivity index (χ4n) is 2.79. The van der Waals surface area contributed by atoms with Gasteiger partial charge in [-0.2, -0.15) is 0 Å². The van der Waals surface area contributed by atoms with Gasteiger partial charge in [-0.05, 0) is 26.2 Å². The Hall–Kier alpha value is -1.57. The van der Waals surface area contributed by atoms with Crippen LogP contribution in [0.2, 0.25) is 0 Å². The smallest absolute Gasteiger partial charge is 0.109 e. The molecule has 0 radical (unpaired) electrons. The van der Waals surface area contributed by atoms with E-state index in [0.717, 1.165) is 18.9 Å². The predicted octanol–water partition coefficient (Wildman–Crippen LogP) is 3.75. The largest absolute Gasteiger partial charge is 0.331 e. The Bertz CT molecular complexity index is 564. The lowest BCUT2D eigenvalue weighted by molar-refractivity contribution is 0.389. The lowest BCUT2D eigenvalue weighted by atomic mass is 10.0. The van der Waals surface area contributed by atoms with E-state index in [2.05, 4.69) is 49.6 Å². The first-order valence-electron chi connectivity index (χ1n) is 6.78. The minimum Gasteiger partial charge on any atom is -0.331 e.